The van der Waals surface area contributed by atoms with Crippen LogP contribution >= 0.6 is 12.2 Å². The number of nitrogens with two attached hydrogens (primary N) is 1. The molecule has 0 unspecified atom stereocenters. The fourth-order valence-electron chi connectivity index (χ4n) is 1.93. The smallest absolute Gasteiger partial charge is 0.222 e. The fraction of sp³-hybridized carbons (Fsp3) is 0.333. The Labute approximate surface area is 104 Å². The van der Waals surface area contributed by atoms with E-state index < -0.39 is 0 Å². The number of hydrogen-bond donors (Lipinski definition) is 1. The predicted molar refractivity (Wildman–Crippen MR) is 66.9 cm³/mol. The largest absolute Gasteiger partial charge is 0.389 e. The van der Waals surface area contributed by atoms with Crippen LogP contribution < -0.4 is 5.73 Å². The van der Waals surface area contributed by atoms with Gasteiger partial charge in [-0.15, -0.1) is 0 Å². The molecule has 90 valence electrons. The Morgan fingerprint density at radius 1 is 1.53 bits per heavy atom. The third-order valence-electron chi connectivity index (χ3n) is 2.86. The molecule has 1 aromatic rings. The lowest BCUT2D eigenvalue weighted by Crippen LogP contribution is -2.24. The summed E-state index contributed by atoms with van der Waals surface area (Å²) < 4.78 is 13.6. The number of amides is 1. The highest BCUT2D eigenvalue weighted by molar-refractivity contribution is 7.80. The van der Waals surface area contributed by atoms with Crippen molar-refractivity contribution in [3.8, 4) is 0 Å². The van der Waals surface area contributed by atoms with Crippen LogP contribution in [0.3, 0.4) is 0 Å². The van der Waals surface area contributed by atoms with Gasteiger partial charge < -0.3 is 10.6 Å². The number of hydrogen-bond acceptors (Lipinski definition) is 2. The van der Waals surface area contributed by atoms with Crippen LogP contribution in [0.4, 0.5) is 4.39 Å². The summed E-state index contributed by atoms with van der Waals surface area (Å²) in [4.78, 5) is 13.4. The topological polar surface area (TPSA) is 46.3 Å². The molecule has 0 atom stereocenters. The van der Waals surface area contributed by atoms with Crippen molar-refractivity contribution >= 4 is 23.1 Å². The first-order valence-corrected chi connectivity index (χ1v) is 5.85. The molecule has 1 fully saturated rings. The Kier molecular flexibility index (Phi) is 3.38. The van der Waals surface area contributed by atoms with Gasteiger partial charge in [-0.05, 0) is 24.6 Å². The first-order valence-electron chi connectivity index (χ1n) is 5.44. The highest BCUT2D eigenvalue weighted by atomic mass is 32.1. The molecular weight excluding hydrogens is 239 g/mol. The summed E-state index contributed by atoms with van der Waals surface area (Å²) in [5, 5.41) is 0. The second-order valence-corrected chi connectivity index (χ2v) is 4.53. The van der Waals surface area contributed by atoms with Crippen molar-refractivity contribution in [1.82, 2.24) is 4.90 Å². The number of rotatable bonds is 3. The second kappa shape index (κ2) is 4.79. The molecule has 5 heteroatoms. The van der Waals surface area contributed by atoms with Gasteiger partial charge in [-0.25, -0.2) is 4.39 Å². The van der Waals surface area contributed by atoms with Crippen LogP contribution in [0, 0.1) is 5.82 Å². The second-order valence-electron chi connectivity index (χ2n) is 4.09. The van der Waals surface area contributed by atoms with Gasteiger partial charge in [-0.3, -0.25) is 4.79 Å². The highest BCUT2D eigenvalue weighted by Gasteiger charge is 2.21. The summed E-state index contributed by atoms with van der Waals surface area (Å²) in [5.74, 6) is -0.255. The lowest BCUT2D eigenvalue weighted by atomic mass is 10.1. The van der Waals surface area contributed by atoms with Crippen molar-refractivity contribution in [2.45, 2.75) is 19.4 Å². The number of carbonyl (C=O) groups is 1. The number of nitrogens with zero attached hydrogens (tertiary/aromatic N) is 1. The van der Waals surface area contributed by atoms with E-state index in [1.54, 1.807) is 17.0 Å². The molecule has 1 aliphatic rings. The maximum Gasteiger partial charge on any atom is 0.222 e. The van der Waals surface area contributed by atoms with Gasteiger partial charge in [0, 0.05) is 30.6 Å². The summed E-state index contributed by atoms with van der Waals surface area (Å²) in [5.41, 5.74) is 6.59. The molecule has 1 heterocycles. The Hall–Kier alpha value is -1.49. The summed E-state index contributed by atoms with van der Waals surface area (Å²) in [6.07, 6.45) is 1.39. The van der Waals surface area contributed by atoms with Crippen molar-refractivity contribution in [3.63, 3.8) is 0 Å². The van der Waals surface area contributed by atoms with Gasteiger partial charge in [0.15, 0.2) is 0 Å². The van der Waals surface area contributed by atoms with Gasteiger partial charge in [0.25, 0.3) is 0 Å². The molecular formula is C12H13FN2OS. The Balaban J connectivity index is 2.22. The minimum absolute atomic E-state index is 0.0742. The van der Waals surface area contributed by atoms with E-state index in [-0.39, 0.29) is 16.7 Å². The van der Waals surface area contributed by atoms with Crippen LogP contribution in [-0.4, -0.2) is 22.3 Å². The zero-order chi connectivity index (χ0) is 12.4. The number of likely N-dealkylation sites (tertiary alicyclic amines) is 1. The zero-order valence-electron chi connectivity index (χ0n) is 9.28. The fourth-order valence-corrected chi connectivity index (χ4v) is 2.05. The van der Waals surface area contributed by atoms with E-state index >= 15 is 0 Å². The lowest BCUT2D eigenvalue weighted by molar-refractivity contribution is -0.128. The predicted octanol–water partition coefficient (Wildman–Crippen LogP) is 1.58. The van der Waals surface area contributed by atoms with Crippen LogP contribution in [-0.2, 0) is 11.3 Å². The van der Waals surface area contributed by atoms with E-state index in [1.807, 2.05) is 0 Å². The summed E-state index contributed by atoms with van der Waals surface area (Å²) >= 11 is 4.85. The van der Waals surface area contributed by atoms with Crippen molar-refractivity contribution in [3.05, 3.63) is 35.1 Å². The molecule has 0 spiro atoms. The van der Waals surface area contributed by atoms with E-state index in [9.17, 15) is 9.18 Å². The first-order chi connectivity index (χ1) is 8.08. The number of carbonyl (C=O) groups excluding carboxylic acids is 1. The number of benzene rings is 1. The molecule has 1 amide bonds. The standard InChI is InChI=1S/C12H13FN2OS/c13-10-4-3-8(12(14)17)6-9(10)7-15-5-1-2-11(15)16/h3-4,6H,1-2,5,7H2,(H2,14,17). The van der Waals surface area contributed by atoms with E-state index in [2.05, 4.69) is 0 Å². The van der Waals surface area contributed by atoms with E-state index in [1.165, 1.54) is 6.07 Å². The molecule has 17 heavy (non-hydrogen) atoms. The molecule has 0 aliphatic carbocycles. The minimum Gasteiger partial charge on any atom is -0.389 e. The molecule has 0 bridgehead atoms. The molecule has 1 aromatic carbocycles. The Morgan fingerprint density at radius 3 is 2.88 bits per heavy atom. The minimum atomic E-state index is -0.329. The zero-order valence-corrected chi connectivity index (χ0v) is 10.1. The first kappa shape index (κ1) is 12.0. The molecule has 3 nitrogen and oxygen atoms in total. The highest BCUT2D eigenvalue weighted by Crippen LogP contribution is 2.17. The average Bonchev–Trinajstić information content (AvgIpc) is 2.67. The maximum absolute atomic E-state index is 13.6. The number of thiocarbonyl (C=S) groups is 1. The average molecular weight is 252 g/mol. The van der Waals surface area contributed by atoms with Crippen LogP contribution in [0.5, 0.6) is 0 Å². The van der Waals surface area contributed by atoms with Crippen LogP contribution in [0.1, 0.15) is 24.0 Å². The van der Waals surface area contributed by atoms with Gasteiger partial charge in [0.05, 0.1) is 0 Å². The Bertz CT molecular complexity index is 476. The Morgan fingerprint density at radius 2 is 2.29 bits per heavy atom. The summed E-state index contributed by atoms with van der Waals surface area (Å²) in [6.45, 7) is 0.983. The van der Waals surface area contributed by atoms with Gasteiger partial charge in [-0.1, -0.05) is 12.2 Å². The van der Waals surface area contributed by atoms with Gasteiger partial charge in [0.2, 0.25) is 5.91 Å². The lowest BCUT2D eigenvalue weighted by Gasteiger charge is -2.16. The monoisotopic (exact) mass is 252 g/mol. The molecule has 0 aromatic heterocycles. The SMILES string of the molecule is NC(=S)c1ccc(F)c(CN2CCCC2=O)c1. The molecule has 0 radical (unpaired) electrons. The summed E-state index contributed by atoms with van der Waals surface area (Å²) in [7, 11) is 0. The molecule has 1 saturated heterocycles. The maximum atomic E-state index is 13.6. The van der Waals surface area contributed by atoms with Crippen LogP contribution in [0.2, 0.25) is 0 Å². The van der Waals surface area contributed by atoms with Gasteiger partial charge >= 0.3 is 0 Å². The quantitative estimate of drug-likeness (QED) is 0.831. The normalized spacial score (nSPS) is 15.4. The third kappa shape index (κ3) is 2.61. The van der Waals surface area contributed by atoms with Crippen molar-refractivity contribution in [2.75, 3.05) is 6.54 Å². The van der Waals surface area contributed by atoms with E-state index in [0.29, 0.717) is 30.6 Å². The molecule has 0 saturated carbocycles. The van der Waals surface area contributed by atoms with Crippen molar-refractivity contribution < 1.29 is 9.18 Å². The van der Waals surface area contributed by atoms with Gasteiger partial charge in [-0.2, -0.15) is 0 Å². The molecule has 2 rings (SSSR count). The molecule has 2 N–H and O–H groups in total. The van der Waals surface area contributed by atoms with Crippen molar-refractivity contribution in [1.29, 1.82) is 0 Å². The third-order valence-corrected chi connectivity index (χ3v) is 3.10. The summed E-state index contributed by atoms with van der Waals surface area (Å²) in [6, 6.07) is 4.50. The van der Waals surface area contributed by atoms with Crippen LogP contribution in [0.15, 0.2) is 18.2 Å². The van der Waals surface area contributed by atoms with E-state index in [4.69, 9.17) is 18.0 Å². The molecule has 1 aliphatic heterocycles. The van der Waals surface area contributed by atoms with Crippen LogP contribution in [0.25, 0.3) is 0 Å². The van der Waals surface area contributed by atoms with Gasteiger partial charge in [0.1, 0.15) is 10.8 Å². The van der Waals surface area contributed by atoms with Crippen molar-refractivity contribution in [2.24, 2.45) is 5.73 Å². The number of halogens is 1. The van der Waals surface area contributed by atoms with E-state index in [0.717, 1.165) is 6.42 Å².